The molecule has 174 valence electrons. The number of nitrogens with zero attached hydrogens (tertiary/aromatic N) is 2. The fourth-order valence-electron chi connectivity index (χ4n) is 6.73. The van der Waals surface area contributed by atoms with Gasteiger partial charge in [-0.05, 0) is 34.4 Å². The first kappa shape index (κ1) is 23.0. The minimum absolute atomic E-state index is 0. The molecule has 2 bridgehead atoms. The van der Waals surface area contributed by atoms with Crippen LogP contribution in [0.3, 0.4) is 0 Å². The van der Waals surface area contributed by atoms with Crippen LogP contribution in [0.4, 0.5) is 0 Å². The highest BCUT2D eigenvalue weighted by Crippen LogP contribution is 2.48. The van der Waals surface area contributed by atoms with Crippen molar-refractivity contribution < 1.29 is 22.0 Å². The molecule has 0 radical (unpaired) electrons. The second-order valence-corrected chi connectivity index (χ2v) is 10.0. The van der Waals surface area contributed by atoms with E-state index in [9.17, 15) is 5.11 Å². The van der Waals surface area contributed by atoms with E-state index in [1.807, 2.05) is 30.5 Å². The molecule has 5 atom stereocenters. The summed E-state index contributed by atoms with van der Waals surface area (Å²) in [7, 11) is 0. The smallest absolute Gasteiger partial charge is 0.131 e. The van der Waals surface area contributed by atoms with Crippen molar-refractivity contribution in [3.8, 4) is 0 Å². The lowest BCUT2D eigenvalue weighted by molar-refractivity contribution is -0.984. The Morgan fingerprint density at radius 3 is 2.62 bits per heavy atom. The zero-order chi connectivity index (χ0) is 22.4. The predicted octanol–water partition coefficient (Wildman–Crippen LogP) is 3.04. The third-order valence-corrected chi connectivity index (χ3v) is 8.41. The van der Waals surface area contributed by atoms with Gasteiger partial charge in [-0.3, -0.25) is 4.98 Å². The Labute approximate surface area is 207 Å². The highest BCUT2D eigenvalue weighted by molar-refractivity contribution is 5.85. The van der Waals surface area contributed by atoms with E-state index in [2.05, 4.69) is 66.2 Å². The van der Waals surface area contributed by atoms with Gasteiger partial charge in [-0.1, -0.05) is 66.7 Å². The van der Waals surface area contributed by atoms with Crippen molar-refractivity contribution in [2.75, 3.05) is 13.1 Å². The summed E-state index contributed by atoms with van der Waals surface area (Å²) in [6.07, 6.45) is 5.76. The molecule has 3 fully saturated rings. The maximum atomic E-state index is 11.9. The monoisotopic (exact) mass is 470 g/mol. The molecule has 0 spiro atoms. The molecule has 7 rings (SSSR count). The Kier molecular flexibility index (Phi) is 6.20. The number of benzene rings is 3. The van der Waals surface area contributed by atoms with Crippen LogP contribution >= 0.6 is 0 Å². The van der Waals surface area contributed by atoms with Gasteiger partial charge in [0.25, 0.3) is 0 Å². The summed E-state index contributed by atoms with van der Waals surface area (Å²) in [5.74, 6) is 1.13. The number of para-hydroxylation sites is 1. The third kappa shape index (κ3) is 3.73. The van der Waals surface area contributed by atoms with Crippen LogP contribution in [0, 0.1) is 11.8 Å². The van der Waals surface area contributed by atoms with Crippen molar-refractivity contribution in [1.82, 2.24) is 4.98 Å². The highest BCUT2D eigenvalue weighted by Gasteiger charge is 2.54. The number of fused-ring (bicyclic) bond motifs is 5. The van der Waals surface area contributed by atoms with Gasteiger partial charge >= 0.3 is 0 Å². The van der Waals surface area contributed by atoms with Gasteiger partial charge in [0.1, 0.15) is 18.7 Å². The summed E-state index contributed by atoms with van der Waals surface area (Å²) < 4.78 is 0.930. The van der Waals surface area contributed by atoms with Crippen molar-refractivity contribution in [3.05, 3.63) is 103 Å². The zero-order valence-corrected chi connectivity index (χ0v) is 20.1. The average molecular weight is 471 g/mol. The topological polar surface area (TPSA) is 33.1 Å². The fraction of sp³-hybridized carbons (Fsp3) is 0.300. The van der Waals surface area contributed by atoms with E-state index in [-0.39, 0.29) is 18.4 Å². The van der Waals surface area contributed by atoms with Crippen LogP contribution in [0.15, 0.2) is 91.6 Å². The van der Waals surface area contributed by atoms with Crippen LogP contribution in [0.25, 0.3) is 21.7 Å². The zero-order valence-electron chi connectivity index (χ0n) is 19.4. The highest BCUT2D eigenvalue weighted by atomic mass is 35.5. The van der Waals surface area contributed by atoms with E-state index in [4.69, 9.17) is 0 Å². The van der Waals surface area contributed by atoms with E-state index in [0.29, 0.717) is 11.8 Å². The predicted molar refractivity (Wildman–Crippen MR) is 135 cm³/mol. The lowest BCUT2D eigenvalue weighted by atomic mass is 9.71. The summed E-state index contributed by atoms with van der Waals surface area (Å²) in [5.41, 5.74) is 3.35. The first-order valence-corrected chi connectivity index (χ1v) is 12.2. The molecule has 4 heteroatoms. The Balaban J connectivity index is 0.00000241. The van der Waals surface area contributed by atoms with Crippen LogP contribution in [0.1, 0.15) is 30.1 Å². The fourth-order valence-corrected chi connectivity index (χ4v) is 6.73. The molecule has 3 aromatic carbocycles. The third-order valence-electron chi connectivity index (χ3n) is 8.41. The summed E-state index contributed by atoms with van der Waals surface area (Å²) in [6, 6.07) is 25.7. The number of rotatable bonds is 5. The molecule has 4 aromatic rings. The normalized spacial score (nSPS) is 26.8. The molecule has 3 aliphatic heterocycles. The van der Waals surface area contributed by atoms with Gasteiger partial charge in [-0.15, -0.1) is 6.58 Å². The van der Waals surface area contributed by atoms with Gasteiger partial charge < -0.3 is 22.0 Å². The Morgan fingerprint density at radius 1 is 1.00 bits per heavy atom. The van der Waals surface area contributed by atoms with E-state index in [1.54, 1.807) is 0 Å². The molecule has 0 amide bonds. The largest absolute Gasteiger partial charge is 1.00 e. The van der Waals surface area contributed by atoms with Gasteiger partial charge in [0.15, 0.2) is 0 Å². The molecular weight excluding hydrogens is 440 g/mol. The van der Waals surface area contributed by atoms with Crippen LogP contribution in [-0.4, -0.2) is 33.7 Å². The quantitative estimate of drug-likeness (QED) is 0.359. The molecule has 1 N–H and O–H groups in total. The Morgan fingerprint density at radius 2 is 1.76 bits per heavy atom. The first-order valence-electron chi connectivity index (χ1n) is 12.2. The number of aliphatic hydroxyl groups is 1. The van der Waals surface area contributed by atoms with Gasteiger partial charge in [0.2, 0.25) is 0 Å². The number of piperidine rings is 3. The molecule has 0 aliphatic carbocycles. The van der Waals surface area contributed by atoms with Crippen molar-refractivity contribution in [3.63, 3.8) is 0 Å². The van der Waals surface area contributed by atoms with E-state index >= 15 is 0 Å². The molecule has 3 nitrogen and oxygen atoms in total. The van der Waals surface area contributed by atoms with Crippen LogP contribution < -0.4 is 12.4 Å². The maximum Gasteiger partial charge on any atom is 0.131 e. The van der Waals surface area contributed by atoms with Gasteiger partial charge in [-0.25, -0.2) is 0 Å². The number of halogens is 1. The molecular formula is C30H31ClN2O. The minimum atomic E-state index is -0.513. The van der Waals surface area contributed by atoms with E-state index in [1.165, 1.54) is 22.8 Å². The summed E-state index contributed by atoms with van der Waals surface area (Å²) in [6.45, 7) is 7.30. The number of pyridine rings is 1. The summed E-state index contributed by atoms with van der Waals surface area (Å²) >= 11 is 0. The Bertz CT molecular complexity index is 1330. The summed E-state index contributed by atoms with van der Waals surface area (Å²) in [5, 5.41) is 15.6. The first-order chi connectivity index (χ1) is 16.2. The number of aliphatic hydroxyl groups excluding tert-OH is 1. The van der Waals surface area contributed by atoms with Crippen molar-refractivity contribution >= 4 is 21.7 Å². The minimum Gasteiger partial charge on any atom is -1.00 e. The molecule has 3 saturated heterocycles. The second kappa shape index (κ2) is 9.14. The van der Waals surface area contributed by atoms with Crippen LogP contribution in [0.2, 0.25) is 0 Å². The van der Waals surface area contributed by atoms with Gasteiger partial charge in [0.05, 0.1) is 18.6 Å². The standard InChI is InChI=1S/C30H31N2O.ClH/c1-2-21-19-32(20-24-10-7-9-22-8-3-4-11-25(22)24)17-15-23(21)18-29(32)30(33)27-14-16-31-28-13-6-5-12-26(27)28;/h2-14,16,21,23,29-30,33H,1,15,17-20H2;1H/q+1;/p-1/t21-,23-,29+,30-,32?;/m0./s1. The summed E-state index contributed by atoms with van der Waals surface area (Å²) in [4.78, 5) is 4.53. The molecule has 0 saturated carbocycles. The molecule has 3 aliphatic rings. The van der Waals surface area contributed by atoms with E-state index in [0.717, 1.165) is 47.0 Å². The van der Waals surface area contributed by atoms with Crippen molar-refractivity contribution in [1.29, 1.82) is 0 Å². The Hall–Kier alpha value is -2.72. The molecule has 1 unspecified atom stereocenters. The van der Waals surface area contributed by atoms with Crippen molar-refractivity contribution in [2.24, 2.45) is 11.8 Å². The van der Waals surface area contributed by atoms with Gasteiger partial charge in [0, 0.05) is 35.9 Å². The lowest BCUT2D eigenvalue weighted by Crippen LogP contribution is -3.00. The second-order valence-electron chi connectivity index (χ2n) is 10.0. The van der Waals surface area contributed by atoms with Crippen LogP contribution in [0.5, 0.6) is 0 Å². The van der Waals surface area contributed by atoms with Crippen LogP contribution in [-0.2, 0) is 6.54 Å². The molecule has 4 heterocycles. The SMILES string of the molecule is C=C[C@H]1C[N+]2(Cc3cccc4ccccc34)CC[C@H]1C[C@@H]2[C@@H](O)c1ccnc2ccccc12.[Cl-]. The van der Waals surface area contributed by atoms with E-state index < -0.39 is 6.10 Å². The number of aromatic nitrogens is 1. The van der Waals surface area contributed by atoms with Crippen molar-refractivity contribution in [2.45, 2.75) is 31.5 Å². The number of hydrogen-bond acceptors (Lipinski definition) is 2. The maximum absolute atomic E-state index is 11.9. The molecule has 34 heavy (non-hydrogen) atoms. The average Bonchev–Trinajstić information content (AvgIpc) is 2.88. The number of hydrogen-bond donors (Lipinski definition) is 1. The number of quaternary nitrogens is 1. The van der Waals surface area contributed by atoms with Gasteiger partial charge in [-0.2, -0.15) is 0 Å². The lowest BCUT2D eigenvalue weighted by Gasteiger charge is -2.58. The molecule has 1 aromatic heterocycles.